The first kappa shape index (κ1) is 13.3. The van der Waals surface area contributed by atoms with Crippen LogP contribution in [0, 0.1) is 10.1 Å². The lowest BCUT2D eigenvalue weighted by Gasteiger charge is -2.23. The number of hydrogen-bond donors (Lipinski definition) is 3. The maximum atomic E-state index is 11.8. The van der Waals surface area contributed by atoms with E-state index >= 15 is 0 Å². The van der Waals surface area contributed by atoms with Gasteiger partial charge in [0.25, 0.3) is 5.69 Å². The lowest BCUT2D eigenvalue weighted by Crippen LogP contribution is -2.44. The van der Waals surface area contributed by atoms with Crippen LogP contribution in [0.25, 0.3) is 0 Å². The fourth-order valence-electron chi connectivity index (χ4n) is 2.63. The van der Waals surface area contributed by atoms with Crippen LogP contribution in [0.4, 0.5) is 17.1 Å². The quantitative estimate of drug-likeness (QED) is 0.562. The van der Waals surface area contributed by atoms with E-state index in [1.165, 1.54) is 12.1 Å². The number of rotatable bonds is 3. The number of nitrogens with one attached hydrogen (secondary N) is 3. The zero-order valence-corrected chi connectivity index (χ0v) is 11.1. The minimum Gasteiger partial charge on any atom is -0.368 e. The van der Waals surface area contributed by atoms with Gasteiger partial charge in [-0.05, 0) is 24.5 Å². The van der Waals surface area contributed by atoms with E-state index in [1.54, 1.807) is 0 Å². The van der Waals surface area contributed by atoms with Crippen LogP contribution in [0.1, 0.15) is 18.4 Å². The number of piperidine rings is 1. The van der Waals surface area contributed by atoms with Gasteiger partial charge in [0.05, 0.1) is 11.3 Å². The van der Waals surface area contributed by atoms with Crippen molar-refractivity contribution in [2.24, 2.45) is 0 Å². The van der Waals surface area contributed by atoms with Crippen LogP contribution in [-0.2, 0) is 16.0 Å². The van der Waals surface area contributed by atoms with E-state index < -0.39 is 11.0 Å². The van der Waals surface area contributed by atoms with Crippen molar-refractivity contribution in [3.8, 4) is 0 Å². The highest BCUT2D eigenvalue weighted by Crippen LogP contribution is 2.35. The molecule has 1 saturated heterocycles. The first-order valence-corrected chi connectivity index (χ1v) is 6.70. The third-order valence-electron chi connectivity index (χ3n) is 3.66. The summed E-state index contributed by atoms with van der Waals surface area (Å²) in [5.74, 6) is -0.355. The lowest BCUT2D eigenvalue weighted by atomic mass is 10.0. The summed E-state index contributed by atoms with van der Waals surface area (Å²) in [6.07, 6.45) is 1.58. The van der Waals surface area contributed by atoms with Crippen LogP contribution < -0.4 is 16.0 Å². The maximum absolute atomic E-state index is 11.8. The fraction of sp³-hybridized carbons (Fsp3) is 0.385. The van der Waals surface area contributed by atoms with Crippen LogP contribution in [0.2, 0.25) is 0 Å². The van der Waals surface area contributed by atoms with E-state index in [-0.39, 0.29) is 29.6 Å². The van der Waals surface area contributed by atoms with E-state index in [0.717, 1.165) is 6.42 Å². The Kier molecular flexibility index (Phi) is 3.20. The number of benzene rings is 1. The fourth-order valence-corrected chi connectivity index (χ4v) is 2.63. The molecule has 2 aliphatic heterocycles. The summed E-state index contributed by atoms with van der Waals surface area (Å²) in [4.78, 5) is 33.8. The summed E-state index contributed by atoms with van der Waals surface area (Å²) in [7, 11) is 0. The van der Waals surface area contributed by atoms with Gasteiger partial charge in [-0.3, -0.25) is 19.7 Å². The van der Waals surface area contributed by atoms with E-state index in [4.69, 9.17) is 0 Å². The summed E-state index contributed by atoms with van der Waals surface area (Å²) >= 11 is 0. The van der Waals surface area contributed by atoms with E-state index in [0.29, 0.717) is 24.2 Å². The first-order chi connectivity index (χ1) is 10.0. The number of hydrogen-bond acceptors (Lipinski definition) is 5. The van der Waals surface area contributed by atoms with Gasteiger partial charge in [0.15, 0.2) is 0 Å². The molecule has 3 N–H and O–H groups in total. The Morgan fingerprint density at radius 1 is 1.33 bits per heavy atom. The maximum Gasteiger partial charge on any atom is 0.292 e. The second-order valence-corrected chi connectivity index (χ2v) is 5.14. The monoisotopic (exact) mass is 290 g/mol. The Morgan fingerprint density at radius 3 is 2.86 bits per heavy atom. The molecule has 0 bridgehead atoms. The van der Waals surface area contributed by atoms with Gasteiger partial charge in [0, 0.05) is 18.3 Å². The zero-order valence-electron chi connectivity index (χ0n) is 11.1. The molecule has 0 aromatic heterocycles. The van der Waals surface area contributed by atoms with Gasteiger partial charge in [0.1, 0.15) is 11.7 Å². The summed E-state index contributed by atoms with van der Waals surface area (Å²) < 4.78 is 0. The number of anilines is 2. The predicted molar refractivity (Wildman–Crippen MR) is 75.1 cm³/mol. The summed E-state index contributed by atoms with van der Waals surface area (Å²) in [5, 5.41) is 19.5. The zero-order chi connectivity index (χ0) is 15.0. The van der Waals surface area contributed by atoms with Crippen LogP contribution in [-0.4, -0.2) is 29.3 Å². The highest BCUT2D eigenvalue weighted by molar-refractivity contribution is 6.00. The Labute approximate surface area is 120 Å². The predicted octanol–water partition coefficient (Wildman–Crippen LogP) is 0.780. The number of amides is 2. The van der Waals surface area contributed by atoms with Crippen molar-refractivity contribution >= 4 is 28.9 Å². The molecule has 8 heteroatoms. The average Bonchev–Trinajstić information content (AvgIpc) is 2.79. The molecule has 1 fully saturated rings. The van der Waals surface area contributed by atoms with Gasteiger partial charge in [-0.2, -0.15) is 0 Å². The molecule has 21 heavy (non-hydrogen) atoms. The highest BCUT2D eigenvalue weighted by atomic mass is 16.6. The first-order valence-electron chi connectivity index (χ1n) is 6.70. The Morgan fingerprint density at radius 2 is 2.14 bits per heavy atom. The van der Waals surface area contributed by atoms with Gasteiger partial charge < -0.3 is 16.0 Å². The lowest BCUT2D eigenvalue weighted by molar-refractivity contribution is -0.384. The molecule has 0 radical (unpaired) electrons. The van der Waals surface area contributed by atoms with Crippen molar-refractivity contribution in [2.75, 3.05) is 17.2 Å². The molecular formula is C13H14N4O4. The second-order valence-electron chi connectivity index (χ2n) is 5.14. The summed E-state index contributed by atoms with van der Waals surface area (Å²) in [6.45, 7) is 0.624. The van der Waals surface area contributed by atoms with Gasteiger partial charge in [-0.1, -0.05) is 0 Å². The third-order valence-corrected chi connectivity index (χ3v) is 3.66. The highest BCUT2D eigenvalue weighted by Gasteiger charge is 2.28. The third kappa shape index (κ3) is 2.51. The molecule has 0 aliphatic carbocycles. The molecular weight excluding hydrogens is 276 g/mol. The number of nitro groups is 1. The number of nitrogens with zero attached hydrogens (tertiary/aromatic N) is 1. The molecule has 2 aliphatic rings. The van der Waals surface area contributed by atoms with Crippen molar-refractivity contribution in [1.82, 2.24) is 5.32 Å². The van der Waals surface area contributed by atoms with Gasteiger partial charge in [-0.15, -0.1) is 0 Å². The molecule has 8 nitrogen and oxygen atoms in total. The van der Waals surface area contributed by atoms with Crippen molar-refractivity contribution in [3.63, 3.8) is 0 Å². The number of nitro benzene ring substituents is 1. The molecule has 2 heterocycles. The molecule has 0 spiro atoms. The van der Waals surface area contributed by atoms with Crippen molar-refractivity contribution < 1.29 is 14.5 Å². The van der Waals surface area contributed by atoms with Crippen molar-refractivity contribution in [3.05, 3.63) is 27.8 Å². The smallest absolute Gasteiger partial charge is 0.292 e. The molecule has 1 aromatic rings. The Bertz CT molecular complexity index is 643. The van der Waals surface area contributed by atoms with Gasteiger partial charge >= 0.3 is 0 Å². The van der Waals surface area contributed by atoms with E-state index in [9.17, 15) is 19.7 Å². The van der Waals surface area contributed by atoms with E-state index in [1.807, 2.05) is 0 Å². The molecule has 0 saturated carbocycles. The Balaban J connectivity index is 1.93. The average molecular weight is 290 g/mol. The van der Waals surface area contributed by atoms with Crippen LogP contribution in [0.5, 0.6) is 0 Å². The summed E-state index contributed by atoms with van der Waals surface area (Å²) in [6, 6.07) is 2.42. The molecule has 3 rings (SSSR count). The van der Waals surface area contributed by atoms with Gasteiger partial charge in [0.2, 0.25) is 11.8 Å². The largest absolute Gasteiger partial charge is 0.368 e. The van der Waals surface area contributed by atoms with Crippen molar-refractivity contribution in [1.29, 1.82) is 0 Å². The number of carbonyl (C=O) groups excluding carboxylic acids is 2. The van der Waals surface area contributed by atoms with Gasteiger partial charge in [-0.25, -0.2) is 0 Å². The molecule has 1 unspecified atom stereocenters. The normalized spacial score (nSPS) is 20.5. The minimum atomic E-state index is -0.508. The van der Waals surface area contributed by atoms with Crippen LogP contribution in [0.3, 0.4) is 0 Å². The number of carbonyl (C=O) groups is 2. The standard InChI is InChI=1S/C13H14N4O4/c18-12-5-7-4-11(17(20)21)10(6-9(7)16-12)15-8-2-1-3-14-13(8)19/h4,6,8,15H,1-3,5H2,(H,14,19)(H,16,18). The van der Waals surface area contributed by atoms with Crippen molar-refractivity contribution in [2.45, 2.75) is 25.3 Å². The van der Waals surface area contributed by atoms with Crippen LogP contribution >= 0.6 is 0 Å². The van der Waals surface area contributed by atoms with Crippen LogP contribution in [0.15, 0.2) is 12.1 Å². The number of fused-ring (bicyclic) bond motifs is 1. The topological polar surface area (TPSA) is 113 Å². The second kappa shape index (κ2) is 5.04. The molecule has 1 atom stereocenters. The Hall–Kier alpha value is -2.64. The molecule has 2 amide bonds. The van der Waals surface area contributed by atoms with E-state index in [2.05, 4.69) is 16.0 Å². The summed E-state index contributed by atoms with van der Waals surface area (Å²) in [5.41, 5.74) is 1.29. The molecule has 110 valence electrons. The molecule has 1 aromatic carbocycles. The minimum absolute atomic E-state index is 0.122. The SMILES string of the molecule is O=C1Cc2cc([N+](=O)[O-])c(NC3CCCNC3=O)cc2N1.